The molecule has 1 aromatic rings. The monoisotopic (exact) mass is 268 g/mol. The second kappa shape index (κ2) is 7.07. The van der Waals surface area contributed by atoms with Gasteiger partial charge >= 0.3 is 0 Å². The van der Waals surface area contributed by atoms with Gasteiger partial charge in [-0.1, -0.05) is 71.0 Å². The van der Waals surface area contributed by atoms with E-state index in [1.54, 1.807) is 6.08 Å². The summed E-state index contributed by atoms with van der Waals surface area (Å²) >= 11 is 0. The zero-order valence-electron chi connectivity index (χ0n) is 13.1. The molecule has 0 radical (unpaired) electrons. The Hall–Kier alpha value is -1.85. The predicted molar refractivity (Wildman–Crippen MR) is 86.4 cm³/mol. The third-order valence-corrected chi connectivity index (χ3v) is 2.81. The molecule has 20 heavy (non-hydrogen) atoms. The van der Waals surface area contributed by atoms with Crippen LogP contribution in [0.1, 0.15) is 40.2 Å². The number of carbonyl (C=O) groups excluding carboxylic acids is 1. The maximum absolute atomic E-state index is 12.3. The highest BCUT2D eigenvalue weighted by molar-refractivity contribution is 6.05. The van der Waals surface area contributed by atoms with Crippen LogP contribution in [0.3, 0.4) is 0 Å². The maximum atomic E-state index is 12.3. The summed E-state index contributed by atoms with van der Waals surface area (Å²) in [5.41, 5.74) is 4.73. The van der Waals surface area contributed by atoms with Gasteiger partial charge in [0.05, 0.1) is 0 Å². The Kier molecular flexibility index (Phi) is 5.73. The van der Waals surface area contributed by atoms with E-state index in [9.17, 15) is 4.79 Å². The number of hydrogen-bond acceptors (Lipinski definition) is 1. The van der Waals surface area contributed by atoms with Crippen LogP contribution in [-0.4, -0.2) is 5.78 Å². The summed E-state index contributed by atoms with van der Waals surface area (Å²) in [6, 6.07) is 9.93. The minimum atomic E-state index is -0.219. The van der Waals surface area contributed by atoms with E-state index in [4.69, 9.17) is 0 Å². The molecule has 1 heteroatoms. The fraction of sp³-hybridized carbons (Fsp3) is 0.368. The van der Waals surface area contributed by atoms with Crippen molar-refractivity contribution >= 4 is 11.9 Å². The van der Waals surface area contributed by atoms with Gasteiger partial charge in [0, 0.05) is 5.57 Å². The first kappa shape index (κ1) is 16.2. The van der Waals surface area contributed by atoms with E-state index in [1.807, 2.05) is 63.3 Å². The van der Waals surface area contributed by atoms with Gasteiger partial charge in [0.25, 0.3) is 0 Å². The van der Waals surface area contributed by atoms with E-state index in [2.05, 4.69) is 19.6 Å². The van der Waals surface area contributed by atoms with Crippen molar-refractivity contribution in [1.82, 2.24) is 0 Å². The van der Waals surface area contributed by atoms with Crippen LogP contribution in [0, 0.1) is 11.3 Å². The topological polar surface area (TPSA) is 17.1 Å². The van der Waals surface area contributed by atoms with Gasteiger partial charge in [-0.3, -0.25) is 4.79 Å². The number of benzene rings is 1. The summed E-state index contributed by atoms with van der Waals surface area (Å²) in [6.07, 6.45) is 5.47. The zero-order chi connectivity index (χ0) is 15.2. The normalized spacial score (nSPS) is 11.5. The minimum Gasteiger partial charge on any atom is -0.289 e. The van der Waals surface area contributed by atoms with Crippen LogP contribution < -0.4 is 0 Å². The molecule has 0 atom stereocenters. The quantitative estimate of drug-likeness (QED) is 0.551. The first-order valence-corrected chi connectivity index (χ1v) is 7.05. The molecular formula is C19H24O. The van der Waals surface area contributed by atoms with Crippen LogP contribution in [0.2, 0.25) is 0 Å². The molecule has 0 unspecified atom stereocenters. The van der Waals surface area contributed by atoms with Crippen LogP contribution in [0.5, 0.6) is 0 Å². The Morgan fingerprint density at radius 2 is 1.75 bits per heavy atom. The molecule has 0 saturated carbocycles. The molecule has 106 valence electrons. The van der Waals surface area contributed by atoms with Gasteiger partial charge in [-0.05, 0) is 29.0 Å². The van der Waals surface area contributed by atoms with Gasteiger partial charge in [-0.15, -0.1) is 5.73 Å². The lowest BCUT2D eigenvalue weighted by atomic mass is 9.84. The van der Waals surface area contributed by atoms with E-state index in [-0.39, 0.29) is 11.2 Å². The zero-order valence-corrected chi connectivity index (χ0v) is 13.1. The summed E-state index contributed by atoms with van der Waals surface area (Å²) < 4.78 is 0. The molecule has 0 fully saturated rings. The van der Waals surface area contributed by atoms with E-state index in [0.29, 0.717) is 11.5 Å². The standard InChI is InChI=1S/C19H24O/c1-15(2)11-14-18(20)17(19(3,4)5)13-12-16-9-7-6-8-10-16/h6-12,14-15H,1-5H3/b14-11+. The Labute approximate surface area is 122 Å². The highest BCUT2D eigenvalue weighted by atomic mass is 16.1. The molecule has 1 nitrogen and oxygen atoms in total. The summed E-state index contributed by atoms with van der Waals surface area (Å²) in [6.45, 7) is 10.2. The summed E-state index contributed by atoms with van der Waals surface area (Å²) in [5, 5.41) is 0. The fourth-order valence-electron chi connectivity index (χ4n) is 1.73. The molecule has 0 spiro atoms. The molecule has 1 aromatic carbocycles. The Morgan fingerprint density at radius 1 is 1.15 bits per heavy atom. The van der Waals surface area contributed by atoms with Crippen molar-refractivity contribution in [2.45, 2.75) is 34.6 Å². The lowest BCUT2D eigenvalue weighted by Gasteiger charge is -2.18. The molecule has 0 bridgehead atoms. The lowest BCUT2D eigenvalue weighted by molar-refractivity contribution is -0.112. The van der Waals surface area contributed by atoms with Crippen molar-refractivity contribution < 1.29 is 4.79 Å². The van der Waals surface area contributed by atoms with Crippen LogP contribution in [0.4, 0.5) is 0 Å². The third-order valence-electron chi connectivity index (χ3n) is 2.81. The van der Waals surface area contributed by atoms with Crippen molar-refractivity contribution in [3.63, 3.8) is 0 Å². The highest BCUT2D eigenvalue weighted by Gasteiger charge is 2.21. The molecule has 1 rings (SSSR count). The second-order valence-electron chi connectivity index (χ2n) is 6.29. The summed E-state index contributed by atoms with van der Waals surface area (Å²) in [4.78, 5) is 12.3. The first-order valence-electron chi connectivity index (χ1n) is 7.05. The van der Waals surface area contributed by atoms with Crippen molar-refractivity contribution in [3.05, 3.63) is 59.4 Å². The SMILES string of the molecule is CC(C)/C=C/C(=O)C(=C=Cc1ccccc1)C(C)(C)C. The largest absolute Gasteiger partial charge is 0.289 e. The molecule has 0 amide bonds. The molecular weight excluding hydrogens is 244 g/mol. The van der Waals surface area contributed by atoms with Gasteiger partial charge in [-0.2, -0.15) is 0 Å². The van der Waals surface area contributed by atoms with Crippen LogP contribution in [0.25, 0.3) is 6.08 Å². The molecule has 0 heterocycles. The van der Waals surface area contributed by atoms with Gasteiger partial charge in [0.15, 0.2) is 5.78 Å². The van der Waals surface area contributed by atoms with Crippen molar-refractivity contribution in [2.24, 2.45) is 11.3 Å². The highest BCUT2D eigenvalue weighted by Crippen LogP contribution is 2.25. The van der Waals surface area contributed by atoms with E-state index < -0.39 is 0 Å². The van der Waals surface area contributed by atoms with E-state index in [0.717, 1.165) is 5.56 Å². The van der Waals surface area contributed by atoms with Gasteiger partial charge in [0.1, 0.15) is 0 Å². The number of hydrogen-bond donors (Lipinski definition) is 0. The molecule has 0 aliphatic heterocycles. The second-order valence-corrected chi connectivity index (χ2v) is 6.29. The van der Waals surface area contributed by atoms with Gasteiger partial charge < -0.3 is 0 Å². The van der Waals surface area contributed by atoms with Crippen LogP contribution in [0.15, 0.2) is 53.8 Å². The predicted octanol–water partition coefficient (Wildman–Crippen LogP) is 5.05. The van der Waals surface area contributed by atoms with Crippen LogP contribution >= 0.6 is 0 Å². The summed E-state index contributed by atoms with van der Waals surface area (Å²) in [7, 11) is 0. The van der Waals surface area contributed by atoms with Crippen molar-refractivity contribution in [1.29, 1.82) is 0 Å². The average molecular weight is 268 g/mol. The molecule has 0 saturated heterocycles. The molecule has 0 aromatic heterocycles. The summed E-state index contributed by atoms with van der Waals surface area (Å²) in [5.74, 6) is 0.414. The van der Waals surface area contributed by atoms with Crippen molar-refractivity contribution in [2.75, 3.05) is 0 Å². The third kappa shape index (κ3) is 5.42. The first-order chi connectivity index (χ1) is 9.30. The molecule has 0 aliphatic rings. The van der Waals surface area contributed by atoms with E-state index in [1.165, 1.54) is 0 Å². The average Bonchev–Trinajstić information content (AvgIpc) is 2.36. The van der Waals surface area contributed by atoms with Crippen molar-refractivity contribution in [3.8, 4) is 0 Å². The van der Waals surface area contributed by atoms with Gasteiger partial charge in [-0.25, -0.2) is 0 Å². The molecule has 0 N–H and O–H groups in total. The van der Waals surface area contributed by atoms with E-state index >= 15 is 0 Å². The fourth-order valence-corrected chi connectivity index (χ4v) is 1.73. The number of rotatable bonds is 4. The number of ketones is 1. The Balaban J connectivity index is 3.14. The lowest BCUT2D eigenvalue weighted by Crippen LogP contribution is -2.15. The number of allylic oxidation sites excluding steroid dienone is 3. The minimum absolute atomic E-state index is 0.0402. The van der Waals surface area contributed by atoms with Crippen LogP contribution in [-0.2, 0) is 4.79 Å². The Morgan fingerprint density at radius 3 is 2.25 bits per heavy atom. The smallest absolute Gasteiger partial charge is 0.189 e. The number of carbonyl (C=O) groups is 1. The molecule has 0 aliphatic carbocycles. The van der Waals surface area contributed by atoms with Gasteiger partial charge in [0.2, 0.25) is 0 Å². The Bertz CT molecular complexity index is 533. The maximum Gasteiger partial charge on any atom is 0.189 e.